The van der Waals surface area contributed by atoms with E-state index in [1.807, 2.05) is 20.8 Å². The van der Waals surface area contributed by atoms with Crippen LogP contribution in [0.5, 0.6) is 0 Å². The highest BCUT2D eigenvalue weighted by Gasteiger charge is 2.30. The van der Waals surface area contributed by atoms with Gasteiger partial charge < -0.3 is 9.84 Å². The molecule has 1 atom stereocenters. The monoisotopic (exact) mass is 214 g/mol. The quantitative estimate of drug-likeness (QED) is 0.779. The predicted molar refractivity (Wildman–Crippen MR) is 58.6 cm³/mol. The molecule has 1 unspecified atom stereocenters. The fourth-order valence-corrected chi connectivity index (χ4v) is 1.83. The first-order chi connectivity index (χ1) is 6.91. The summed E-state index contributed by atoms with van der Waals surface area (Å²) in [4.78, 5) is 11.8. The zero-order valence-corrected chi connectivity index (χ0v) is 9.95. The molecule has 15 heavy (non-hydrogen) atoms. The van der Waals surface area contributed by atoms with Gasteiger partial charge in [-0.25, -0.2) is 0 Å². The van der Waals surface area contributed by atoms with Crippen molar-refractivity contribution in [1.29, 1.82) is 0 Å². The summed E-state index contributed by atoms with van der Waals surface area (Å²) >= 11 is 0. The first kappa shape index (κ1) is 12.7. The van der Waals surface area contributed by atoms with Gasteiger partial charge in [-0.15, -0.1) is 0 Å². The van der Waals surface area contributed by atoms with Gasteiger partial charge in [0.1, 0.15) is 6.10 Å². The molecule has 0 aromatic rings. The average molecular weight is 214 g/mol. The predicted octanol–water partition coefficient (Wildman–Crippen LogP) is 1.78. The van der Waals surface area contributed by atoms with Crippen LogP contribution in [0.3, 0.4) is 0 Å². The van der Waals surface area contributed by atoms with Gasteiger partial charge in [-0.05, 0) is 24.2 Å². The maximum Gasteiger partial charge on any atom is 0.162 e. The first-order valence-corrected chi connectivity index (χ1v) is 5.70. The molecule has 0 radical (unpaired) electrons. The smallest absolute Gasteiger partial charge is 0.162 e. The Morgan fingerprint density at radius 2 is 1.93 bits per heavy atom. The van der Waals surface area contributed by atoms with Gasteiger partial charge in [0.2, 0.25) is 0 Å². The molecule has 1 aliphatic rings. The third-order valence-electron chi connectivity index (χ3n) is 2.96. The lowest BCUT2D eigenvalue weighted by molar-refractivity contribution is -0.133. The first-order valence-electron chi connectivity index (χ1n) is 5.70. The van der Waals surface area contributed by atoms with Crippen molar-refractivity contribution in [2.75, 3.05) is 13.2 Å². The molecule has 0 aromatic heterocycles. The van der Waals surface area contributed by atoms with Crippen LogP contribution in [-0.4, -0.2) is 30.2 Å². The molecule has 1 saturated heterocycles. The summed E-state index contributed by atoms with van der Waals surface area (Å²) in [7, 11) is 0. The highest BCUT2D eigenvalue weighted by atomic mass is 16.5. The molecule has 0 aliphatic carbocycles. The van der Waals surface area contributed by atoms with Crippen molar-refractivity contribution < 1.29 is 14.6 Å². The number of rotatable bonds is 3. The number of hydrogen-bond donors (Lipinski definition) is 1. The maximum absolute atomic E-state index is 11.8. The standard InChI is InChI=1S/C12H22O3/c1-12(2,3)11(14)10(13)8-9-4-6-15-7-5-9/h9,11,14H,4-8H2,1-3H3. The van der Waals surface area contributed by atoms with Gasteiger partial charge >= 0.3 is 0 Å². The van der Waals surface area contributed by atoms with Gasteiger partial charge in [-0.3, -0.25) is 4.79 Å². The van der Waals surface area contributed by atoms with Crippen LogP contribution in [-0.2, 0) is 9.53 Å². The SMILES string of the molecule is CC(C)(C)C(O)C(=O)CC1CCOCC1. The third-order valence-corrected chi connectivity index (χ3v) is 2.96. The van der Waals surface area contributed by atoms with Gasteiger partial charge in [-0.2, -0.15) is 0 Å². The number of ether oxygens (including phenoxy) is 1. The summed E-state index contributed by atoms with van der Waals surface area (Å²) in [5, 5.41) is 9.80. The maximum atomic E-state index is 11.8. The van der Waals surface area contributed by atoms with Gasteiger partial charge in [0, 0.05) is 19.6 Å². The van der Waals surface area contributed by atoms with Crippen LogP contribution in [0.4, 0.5) is 0 Å². The molecule has 0 saturated carbocycles. The van der Waals surface area contributed by atoms with Crippen molar-refractivity contribution in [3.63, 3.8) is 0 Å². The van der Waals surface area contributed by atoms with Crippen molar-refractivity contribution >= 4 is 5.78 Å². The second-order valence-electron chi connectivity index (χ2n) is 5.49. The highest BCUT2D eigenvalue weighted by Crippen LogP contribution is 2.25. The average Bonchev–Trinajstić information content (AvgIpc) is 2.16. The molecule has 1 heterocycles. The molecule has 1 fully saturated rings. The van der Waals surface area contributed by atoms with E-state index in [0.29, 0.717) is 12.3 Å². The number of Topliss-reactive ketones (excluding diaryl/α,β-unsaturated/α-hetero) is 1. The number of aliphatic hydroxyl groups excluding tert-OH is 1. The minimum Gasteiger partial charge on any atom is -0.385 e. The largest absolute Gasteiger partial charge is 0.385 e. The van der Waals surface area contributed by atoms with Crippen LogP contribution in [0, 0.1) is 11.3 Å². The van der Waals surface area contributed by atoms with Crippen molar-refractivity contribution in [1.82, 2.24) is 0 Å². The molecule has 3 heteroatoms. The fourth-order valence-electron chi connectivity index (χ4n) is 1.83. The Hall–Kier alpha value is -0.410. The molecule has 88 valence electrons. The minimum absolute atomic E-state index is 0.0191. The van der Waals surface area contributed by atoms with E-state index in [-0.39, 0.29) is 11.2 Å². The van der Waals surface area contributed by atoms with E-state index in [0.717, 1.165) is 26.1 Å². The normalized spacial score (nSPS) is 21.3. The number of carbonyl (C=O) groups excluding carboxylic acids is 1. The summed E-state index contributed by atoms with van der Waals surface area (Å²) < 4.78 is 5.24. The molecule has 3 nitrogen and oxygen atoms in total. The number of carbonyl (C=O) groups is 1. The van der Waals surface area contributed by atoms with Crippen LogP contribution < -0.4 is 0 Å². The molecule has 0 amide bonds. The molecule has 1 aliphatic heterocycles. The van der Waals surface area contributed by atoms with Crippen LogP contribution in [0.15, 0.2) is 0 Å². The topological polar surface area (TPSA) is 46.5 Å². The Morgan fingerprint density at radius 3 is 2.40 bits per heavy atom. The van der Waals surface area contributed by atoms with E-state index in [2.05, 4.69) is 0 Å². The Labute approximate surface area is 91.8 Å². The number of aliphatic hydroxyl groups is 1. The van der Waals surface area contributed by atoms with E-state index < -0.39 is 6.10 Å². The highest BCUT2D eigenvalue weighted by molar-refractivity contribution is 5.83. The van der Waals surface area contributed by atoms with E-state index >= 15 is 0 Å². The summed E-state index contributed by atoms with van der Waals surface area (Å²) in [5.74, 6) is 0.387. The van der Waals surface area contributed by atoms with Gasteiger partial charge in [0.05, 0.1) is 0 Å². The molecular formula is C12H22O3. The molecule has 1 N–H and O–H groups in total. The molecular weight excluding hydrogens is 192 g/mol. The summed E-state index contributed by atoms with van der Waals surface area (Å²) in [6.07, 6.45) is 1.56. The van der Waals surface area contributed by atoms with Crippen molar-refractivity contribution in [2.45, 2.75) is 46.1 Å². The van der Waals surface area contributed by atoms with E-state index in [4.69, 9.17) is 4.74 Å². The van der Waals surface area contributed by atoms with Crippen LogP contribution in [0.2, 0.25) is 0 Å². The Morgan fingerprint density at radius 1 is 1.40 bits per heavy atom. The minimum atomic E-state index is -0.833. The lowest BCUT2D eigenvalue weighted by Crippen LogP contribution is -2.35. The Balaban J connectivity index is 2.40. The molecule has 0 bridgehead atoms. The summed E-state index contributed by atoms with van der Waals surface area (Å²) in [6, 6.07) is 0. The lowest BCUT2D eigenvalue weighted by Gasteiger charge is -2.27. The number of ketones is 1. The fraction of sp³-hybridized carbons (Fsp3) is 0.917. The zero-order valence-electron chi connectivity index (χ0n) is 9.95. The molecule has 1 rings (SSSR count). The number of hydrogen-bond acceptors (Lipinski definition) is 3. The van der Waals surface area contributed by atoms with Crippen molar-refractivity contribution in [3.05, 3.63) is 0 Å². The van der Waals surface area contributed by atoms with E-state index in [9.17, 15) is 9.90 Å². The van der Waals surface area contributed by atoms with Crippen molar-refractivity contribution in [2.24, 2.45) is 11.3 Å². The van der Waals surface area contributed by atoms with E-state index in [1.165, 1.54) is 0 Å². The third kappa shape index (κ3) is 3.92. The van der Waals surface area contributed by atoms with Gasteiger partial charge in [0.25, 0.3) is 0 Å². The molecule has 0 aromatic carbocycles. The van der Waals surface area contributed by atoms with Crippen LogP contribution in [0.1, 0.15) is 40.0 Å². The summed E-state index contributed by atoms with van der Waals surface area (Å²) in [5.41, 5.74) is -0.345. The van der Waals surface area contributed by atoms with Crippen LogP contribution in [0.25, 0.3) is 0 Å². The van der Waals surface area contributed by atoms with Gasteiger partial charge in [-0.1, -0.05) is 20.8 Å². The zero-order chi connectivity index (χ0) is 11.5. The van der Waals surface area contributed by atoms with Crippen molar-refractivity contribution in [3.8, 4) is 0 Å². The van der Waals surface area contributed by atoms with Crippen LogP contribution >= 0.6 is 0 Å². The second kappa shape index (κ2) is 5.08. The summed E-state index contributed by atoms with van der Waals surface area (Å²) in [6.45, 7) is 7.17. The molecule has 0 spiro atoms. The Bertz CT molecular complexity index is 211. The Kier molecular flexibility index (Phi) is 4.29. The lowest BCUT2D eigenvalue weighted by atomic mass is 9.82. The second-order valence-corrected chi connectivity index (χ2v) is 5.49. The van der Waals surface area contributed by atoms with E-state index in [1.54, 1.807) is 0 Å². The van der Waals surface area contributed by atoms with Gasteiger partial charge in [0.15, 0.2) is 5.78 Å².